The van der Waals surface area contributed by atoms with Gasteiger partial charge in [-0.1, -0.05) is 12.1 Å². The molecule has 152 valence electrons. The van der Waals surface area contributed by atoms with Crippen LogP contribution in [0.5, 0.6) is 17.2 Å². The molecule has 29 heavy (non-hydrogen) atoms. The fourth-order valence-electron chi connectivity index (χ4n) is 3.30. The van der Waals surface area contributed by atoms with Crippen LogP contribution in [0.1, 0.15) is 10.5 Å². The molecule has 0 aliphatic heterocycles. The first-order chi connectivity index (χ1) is 13.9. The first kappa shape index (κ1) is 20.1. The largest absolute Gasteiger partial charge is 0.497 e. The number of aromatic carboxylic acids is 1. The minimum Gasteiger partial charge on any atom is -0.497 e. The Hall–Kier alpha value is -3.68. The van der Waals surface area contributed by atoms with Gasteiger partial charge in [-0.2, -0.15) is 0 Å². The zero-order valence-corrected chi connectivity index (χ0v) is 16.5. The second kappa shape index (κ2) is 8.14. The zero-order valence-electron chi connectivity index (χ0n) is 16.5. The maximum atomic E-state index is 12.2. The standard InChI is InChI=1S/C21H21NO7/c1-26-13-7-5-12(6-8-13)19-14-9-16(27-2)17(28-3)10-15(14)22(11-18(23)29-4)20(19)21(24)25/h5-10H,11H2,1-4H3,(H,24,25). The first-order valence-electron chi connectivity index (χ1n) is 8.67. The lowest BCUT2D eigenvalue weighted by Crippen LogP contribution is -2.16. The van der Waals surface area contributed by atoms with Crippen LogP contribution in [-0.2, 0) is 16.1 Å². The van der Waals surface area contributed by atoms with E-state index in [1.807, 2.05) is 0 Å². The normalized spacial score (nSPS) is 10.6. The summed E-state index contributed by atoms with van der Waals surface area (Å²) in [5.41, 5.74) is 1.59. The van der Waals surface area contributed by atoms with Crippen LogP contribution in [0.15, 0.2) is 36.4 Å². The van der Waals surface area contributed by atoms with Crippen LogP contribution in [0.2, 0.25) is 0 Å². The summed E-state index contributed by atoms with van der Waals surface area (Å²) in [5, 5.41) is 10.6. The monoisotopic (exact) mass is 399 g/mol. The number of nitrogens with zero attached hydrogens (tertiary/aromatic N) is 1. The van der Waals surface area contributed by atoms with E-state index < -0.39 is 11.9 Å². The van der Waals surface area contributed by atoms with Gasteiger partial charge in [-0.05, 0) is 23.8 Å². The van der Waals surface area contributed by atoms with Crippen LogP contribution < -0.4 is 14.2 Å². The van der Waals surface area contributed by atoms with Crippen molar-refractivity contribution in [3.05, 3.63) is 42.1 Å². The summed E-state index contributed by atoms with van der Waals surface area (Å²) in [4.78, 5) is 24.2. The highest BCUT2D eigenvalue weighted by Gasteiger charge is 2.26. The SMILES string of the molecule is COC(=O)Cn1c(C(=O)O)c(-c2ccc(OC)cc2)c2cc(OC)c(OC)cc21. The predicted octanol–water partition coefficient (Wildman–Crippen LogP) is 3.21. The van der Waals surface area contributed by atoms with Gasteiger partial charge in [-0.3, -0.25) is 4.79 Å². The summed E-state index contributed by atoms with van der Waals surface area (Å²) in [6, 6.07) is 10.4. The van der Waals surface area contributed by atoms with E-state index in [9.17, 15) is 14.7 Å². The van der Waals surface area contributed by atoms with Gasteiger partial charge in [0.05, 0.1) is 34.0 Å². The third-order valence-electron chi connectivity index (χ3n) is 4.66. The van der Waals surface area contributed by atoms with E-state index >= 15 is 0 Å². The molecule has 0 saturated carbocycles. The quantitative estimate of drug-likeness (QED) is 0.610. The van der Waals surface area contributed by atoms with E-state index in [2.05, 4.69) is 0 Å². The predicted molar refractivity (Wildman–Crippen MR) is 106 cm³/mol. The molecule has 2 aromatic carbocycles. The fourth-order valence-corrected chi connectivity index (χ4v) is 3.30. The smallest absolute Gasteiger partial charge is 0.353 e. The molecule has 3 aromatic rings. The number of aromatic nitrogens is 1. The van der Waals surface area contributed by atoms with Crippen molar-refractivity contribution in [1.82, 2.24) is 4.57 Å². The lowest BCUT2D eigenvalue weighted by atomic mass is 10.0. The number of fused-ring (bicyclic) bond motifs is 1. The van der Waals surface area contributed by atoms with Crippen LogP contribution in [-0.4, -0.2) is 50.1 Å². The number of hydrogen-bond donors (Lipinski definition) is 1. The summed E-state index contributed by atoms with van der Waals surface area (Å²) in [6.07, 6.45) is 0. The third kappa shape index (κ3) is 3.56. The highest BCUT2D eigenvalue weighted by molar-refractivity contribution is 6.09. The molecule has 1 aromatic heterocycles. The summed E-state index contributed by atoms with van der Waals surface area (Å²) in [5.74, 6) is -0.235. The number of carboxylic acids is 1. The van der Waals surface area contributed by atoms with E-state index in [4.69, 9.17) is 18.9 Å². The van der Waals surface area contributed by atoms with Gasteiger partial charge < -0.3 is 28.6 Å². The molecule has 0 aliphatic rings. The number of carbonyl (C=O) groups excluding carboxylic acids is 1. The Morgan fingerprint density at radius 2 is 1.55 bits per heavy atom. The van der Waals surface area contributed by atoms with Crippen LogP contribution in [0.3, 0.4) is 0 Å². The minimum absolute atomic E-state index is 0.0362. The Bertz CT molecular complexity index is 1070. The van der Waals surface area contributed by atoms with Crippen molar-refractivity contribution in [2.24, 2.45) is 0 Å². The van der Waals surface area contributed by atoms with Crippen molar-refractivity contribution in [3.63, 3.8) is 0 Å². The number of esters is 1. The van der Waals surface area contributed by atoms with Gasteiger partial charge in [0.15, 0.2) is 11.5 Å². The highest BCUT2D eigenvalue weighted by atomic mass is 16.5. The maximum Gasteiger partial charge on any atom is 0.353 e. The topological polar surface area (TPSA) is 96.2 Å². The van der Waals surface area contributed by atoms with E-state index in [-0.39, 0.29) is 12.2 Å². The highest BCUT2D eigenvalue weighted by Crippen LogP contribution is 2.41. The molecule has 0 saturated heterocycles. The van der Waals surface area contributed by atoms with Gasteiger partial charge >= 0.3 is 11.9 Å². The van der Waals surface area contributed by atoms with Crippen molar-refractivity contribution in [1.29, 1.82) is 0 Å². The molecule has 3 rings (SSSR count). The minimum atomic E-state index is -1.17. The number of hydrogen-bond acceptors (Lipinski definition) is 6. The van der Waals surface area contributed by atoms with Gasteiger partial charge in [-0.15, -0.1) is 0 Å². The summed E-state index contributed by atoms with van der Waals surface area (Å²) in [6.45, 7) is -0.264. The van der Waals surface area contributed by atoms with Crippen molar-refractivity contribution in [3.8, 4) is 28.4 Å². The molecule has 0 aliphatic carbocycles. The summed E-state index contributed by atoms with van der Waals surface area (Å²) >= 11 is 0. The Labute approximate surface area is 167 Å². The number of benzene rings is 2. The van der Waals surface area contributed by atoms with Gasteiger partial charge in [0.1, 0.15) is 18.0 Å². The van der Waals surface area contributed by atoms with Crippen molar-refractivity contribution < 1.29 is 33.6 Å². The molecule has 0 fully saturated rings. The van der Waals surface area contributed by atoms with Gasteiger partial charge in [-0.25, -0.2) is 4.79 Å². The lowest BCUT2D eigenvalue weighted by molar-refractivity contribution is -0.141. The number of carbonyl (C=O) groups is 2. The summed E-state index contributed by atoms with van der Waals surface area (Å²) in [7, 11) is 5.79. The zero-order chi connectivity index (χ0) is 21.1. The molecule has 0 bridgehead atoms. The van der Waals surface area contributed by atoms with Crippen molar-refractivity contribution in [2.45, 2.75) is 6.54 Å². The molecule has 8 nitrogen and oxygen atoms in total. The third-order valence-corrected chi connectivity index (χ3v) is 4.66. The Morgan fingerprint density at radius 3 is 2.07 bits per heavy atom. The van der Waals surface area contributed by atoms with Crippen molar-refractivity contribution >= 4 is 22.8 Å². The molecule has 0 unspecified atom stereocenters. The lowest BCUT2D eigenvalue weighted by Gasteiger charge is -2.10. The van der Waals surface area contributed by atoms with E-state index in [1.54, 1.807) is 43.5 Å². The number of methoxy groups -OCH3 is 4. The Balaban J connectivity index is 2.41. The van der Waals surface area contributed by atoms with Crippen molar-refractivity contribution in [2.75, 3.05) is 28.4 Å². The number of ether oxygens (including phenoxy) is 4. The molecule has 0 spiro atoms. The molecule has 1 heterocycles. The van der Waals surface area contributed by atoms with Gasteiger partial charge in [0.25, 0.3) is 0 Å². The van der Waals surface area contributed by atoms with E-state index in [0.29, 0.717) is 39.3 Å². The second-order valence-corrected chi connectivity index (χ2v) is 6.14. The van der Waals surface area contributed by atoms with Gasteiger partial charge in [0.2, 0.25) is 0 Å². The first-order valence-corrected chi connectivity index (χ1v) is 8.67. The van der Waals surface area contributed by atoms with E-state index in [1.165, 1.54) is 25.9 Å². The van der Waals surface area contributed by atoms with Crippen LogP contribution >= 0.6 is 0 Å². The average Bonchev–Trinajstić information content (AvgIpc) is 3.05. The number of carboxylic acid groups (broad SMARTS) is 1. The molecule has 1 N–H and O–H groups in total. The molecule has 0 atom stereocenters. The molecule has 8 heteroatoms. The average molecular weight is 399 g/mol. The van der Waals surface area contributed by atoms with Gasteiger partial charge in [0, 0.05) is 17.0 Å². The second-order valence-electron chi connectivity index (χ2n) is 6.14. The van der Waals surface area contributed by atoms with Crippen LogP contribution in [0.4, 0.5) is 0 Å². The Morgan fingerprint density at radius 1 is 0.931 bits per heavy atom. The maximum absolute atomic E-state index is 12.2. The molecule has 0 amide bonds. The fraction of sp³-hybridized carbons (Fsp3) is 0.238. The Kier molecular flexibility index (Phi) is 5.63. The van der Waals surface area contributed by atoms with Crippen LogP contribution in [0.25, 0.3) is 22.0 Å². The number of rotatable bonds is 7. The van der Waals surface area contributed by atoms with E-state index in [0.717, 1.165) is 0 Å². The molecular formula is C21H21NO7. The summed E-state index contributed by atoms with van der Waals surface area (Å²) < 4.78 is 22.1. The molecular weight excluding hydrogens is 378 g/mol. The van der Waals surface area contributed by atoms with Crippen LogP contribution in [0, 0.1) is 0 Å². The molecule has 0 radical (unpaired) electrons.